The average Bonchev–Trinajstić information content (AvgIpc) is 2.79. The van der Waals surface area contributed by atoms with E-state index >= 15 is 0 Å². The van der Waals surface area contributed by atoms with Crippen LogP contribution in [0, 0.1) is 6.92 Å². The van der Waals surface area contributed by atoms with Gasteiger partial charge < -0.3 is 18.6 Å². The van der Waals surface area contributed by atoms with Crippen LogP contribution in [0.15, 0.2) is 69.9 Å². The summed E-state index contributed by atoms with van der Waals surface area (Å²) in [6.45, 7) is 1.71. The van der Waals surface area contributed by atoms with Gasteiger partial charge in [0.15, 0.2) is 11.5 Å². The van der Waals surface area contributed by atoms with Gasteiger partial charge in [-0.2, -0.15) is 0 Å². The summed E-state index contributed by atoms with van der Waals surface area (Å²) >= 11 is 5.85. The Hall–Kier alpha value is -3.77. The van der Waals surface area contributed by atoms with Crippen LogP contribution in [0.2, 0.25) is 5.02 Å². The molecule has 4 rings (SSSR count). The molecule has 0 aliphatic rings. The van der Waals surface area contributed by atoms with Crippen LogP contribution in [-0.2, 0) is 0 Å². The highest BCUT2D eigenvalue weighted by molar-refractivity contribution is 6.30. The van der Waals surface area contributed by atoms with Crippen LogP contribution in [0.1, 0.15) is 16.1 Å². The van der Waals surface area contributed by atoms with Crippen molar-refractivity contribution >= 4 is 28.5 Å². The van der Waals surface area contributed by atoms with Gasteiger partial charge in [0, 0.05) is 11.1 Å². The van der Waals surface area contributed by atoms with E-state index in [1.807, 2.05) is 0 Å². The van der Waals surface area contributed by atoms with Gasteiger partial charge in [0.2, 0.25) is 5.43 Å². The molecule has 0 aliphatic carbocycles. The monoisotopic (exact) mass is 450 g/mol. The van der Waals surface area contributed by atoms with Crippen molar-refractivity contribution in [2.24, 2.45) is 0 Å². The molecule has 0 saturated carbocycles. The van der Waals surface area contributed by atoms with E-state index in [2.05, 4.69) is 0 Å². The van der Waals surface area contributed by atoms with Gasteiger partial charge in [-0.05, 0) is 61.0 Å². The van der Waals surface area contributed by atoms with Gasteiger partial charge in [0.1, 0.15) is 17.1 Å². The number of carbonyl (C=O) groups excluding carboxylic acids is 1. The highest BCUT2D eigenvalue weighted by Crippen LogP contribution is 2.33. The van der Waals surface area contributed by atoms with Crippen molar-refractivity contribution < 1.29 is 23.4 Å². The first-order valence-electron chi connectivity index (χ1n) is 9.69. The van der Waals surface area contributed by atoms with Crippen LogP contribution >= 0.6 is 11.6 Å². The smallest absolute Gasteiger partial charge is 0.343 e. The molecule has 3 aromatic carbocycles. The molecule has 0 spiro atoms. The zero-order valence-electron chi connectivity index (χ0n) is 17.6. The zero-order valence-corrected chi connectivity index (χ0v) is 18.4. The number of halogens is 1. The van der Waals surface area contributed by atoms with Crippen molar-refractivity contribution in [3.63, 3.8) is 0 Å². The van der Waals surface area contributed by atoms with E-state index in [0.29, 0.717) is 49.9 Å². The summed E-state index contributed by atoms with van der Waals surface area (Å²) < 4.78 is 22.0. The van der Waals surface area contributed by atoms with E-state index in [-0.39, 0.29) is 11.2 Å². The van der Waals surface area contributed by atoms with Crippen molar-refractivity contribution in [2.45, 2.75) is 6.92 Å². The second kappa shape index (κ2) is 8.77. The number of aryl methyl sites for hydroxylation is 1. The van der Waals surface area contributed by atoms with Gasteiger partial charge in [-0.3, -0.25) is 4.79 Å². The Morgan fingerprint density at radius 2 is 1.62 bits per heavy atom. The minimum absolute atomic E-state index is 0.202. The molecule has 1 aromatic heterocycles. The maximum Gasteiger partial charge on any atom is 0.343 e. The largest absolute Gasteiger partial charge is 0.493 e. The fourth-order valence-electron chi connectivity index (χ4n) is 3.43. The molecular weight excluding hydrogens is 432 g/mol. The maximum atomic E-state index is 13.2. The molecule has 0 radical (unpaired) electrons. The molecule has 1 heterocycles. The van der Waals surface area contributed by atoms with E-state index in [1.54, 1.807) is 68.6 Å². The Kier molecular flexibility index (Phi) is 5.88. The summed E-state index contributed by atoms with van der Waals surface area (Å²) in [6.07, 6.45) is 0. The summed E-state index contributed by atoms with van der Waals surface area (Å²) in [4.78, 5) is 25.6. The first-order chi connectivity index (χ1) is 15.4. The molecule has 6 nitrogen and oxygen atoms in total. The SMILES string of the molecule is COc1ccc(-c2c(C)oc3cc(OC(=O)c4ccc(Cl)cc4)ccc3c2=O)cc1OC. The molecule has 0 unspecified atom stereocenters. The fourth-order valence-corrected chi connectivity index (χ4v) is 3.55. The Labute approximate surface area is 188 Å². The van der Waals surface area contributed by atoms with Gasteiger partial charge in [-0.25, -0.2) is 4.79 Å². The lowest BCUT2D eigenvalue weighted by molar-refractivity contribution is 0.0735. The molecule has 0 atom stereocenters. The van der Waals surface area contributed by atoms with Crippen molar-refractivity contribution in [2.75, 3.05) is 14.2 Å². The van der Waals surface area contributed by atoms with Crippen molar-refractivity contribution in [1.82, 2.24) is 0 Å². The number of hydrogen-bond donors (Lipinski definition) is 0. The van der Waals surface area contributed by atoms with Crippen molar-refractivity contribution in [1.29, 1.82) is 0 Å². The quantitative estimate of drug-likeness (QED) is 0.288. The predicted octanol–water partition coefficient (Wildman–Crippen LogP) is 5.66. The molecule has 32 heavy (non-hydrogen) atoms. The molecule has 7 heteroatoms. The third-order valence-electron chi connectivity index (χ3n) is 5.00. The molecule has 0 aliphatic heterocycles. The molecule has 0 amide bonds. The van der Waals surface area contributed by atoms with E-state index in [9.17, 15) is 9.59 Å². The van der Waals surface area contributed by atoms with Crippen LogP contribution < -0.4 is 19.6 Å². The number of hydrogen-bond acceptors (Lipinski definition) is 6. The first-order valence-corrected chi connectivity index (χ1v) is 10.1. The summed E-state index contributed by atoms with van der Waals surface area (Å²) in [6, 6.07) is 16.3. The van der Waals surface area contributed by atoms with Crippen LogP contribution in [0.4, 0.5) is 0 Å². The Bertz CT molecular complexity index is 1370. The first kappa shape index (κ1) is 21.5. The third-order valence-corrected chi connectivity index (χ3v) is 5.25. The second-order valence-electron chi connectivity index (χ2n) is 6.99. The molecular formula is C25H19ClO6. The van der Waals surface area contributed by atoms with Gasteiger partial charge in [-0.15, -0.1) is 0 Å². The number of methoxy groups -OCH3 is 2. The summed E-state index contributed by atoms with van der Waals surface area (Å²) in [5.74, 6) is 1.22. The average molecular weight is 451 g/mol. The Balaban J connectivity index is 1.71. The van der Waals surface area contributed by atoms with E-state index in [1.165, 1.54) is 13.2 Å². The van der Waals surface area contributed by atoms with Crippen molar-refractivity contribution in [3.8, 4) is 28.4 Å². The standard InChI is InChI=1S/C25H19ClO6/c1-14-23(16-6-11-20(29-2)22(12-16)30-3)24(27)19-10-9-18(13-21(19)31-14)32-25(28)15-4-7-17(26)8-5-15/h4-13H,1-3H3. The van der Waals surface area contributed by atoms with Gasteiger partial charge in [0.25, 0.3) is 0 Å². The van der Waals surface area contributed by atoms with E-state index < -0.39 is 5.97 Å². The number of fused-ring (bicyclic) bond motifs is 1. The molecule has 0 saturated heterocycles. The van der Waals surface area contributed by atoms with E-state index in [0.717, 1.165) is 0 Å². The number of carbonyl (C=O) groups is 1. The number of ether oxygens (including phenoxy) is 3. The topological polar surface area (TPSA) is 75.0 Å². The number of benzene rings is 3. The van der Waals surface area contributed by atoms with E-state index in [4.69, 9.17) is 30.2 Å². The summed E-state index contributed by atoms with van der Waals surface area (Å²) in [7, 11) is 3.08. The Morgan fingerprint density at radius 1 is 0.906 bits per heavy atom. The van der Waals surface area contributed by atoms with Crippen LogP contribution in [-0.4, -0.2) is 20.2 Å². The van der Waals surface area contributed by atoms with Crippen molar-refractivity contribution in [3.05, 3.63) is 87.2 Å². The molecule has 0 N–H and O–H groups in total. The second-order valence-corrected chi connectivity index (χ2v) is 7.42. The lowest BCUT2D eigenvalue weighted by Gasteiger charge is -2.12. The van der Waals surface area contributed by atoms with Gasteiger partial charge >= 0.3 is 5.97 Å². The number of rotatable bonds is 5. The lowest BCUT2D eigenvalue weighted by Crippen LogP contribution is -2.10. The minimum atomic E-state index is -0.540. The predicted molar refractivity (Wildman–Crippen MR) is 122 cm³/mol. The van der Waals surface area contributed by atoms with Crippen LogP contribution in [0.5, 0.6) is 17.2 Å². The summed E-state index contributed by atoms with van der Waals surface area (Å²) in [5.41, 5.74) is 1.54. The summed E-state index contributed by atoms with van der Waals surface area (Å²) in [5, 5.41) is 0.890. The highest BCUT2D eigenvalue weighted by Gasteiger charge is 2.17. The highest BCUT2D eigenvalue weighted by atomic mass is 35.5. The van der Waals surface area contributed by atoms with Gasteiger partial charge in [0.05, 0.1) is 30.7 Å². The van der Waals surface area contributed by atoms with Gasteiger partial charge in [-0.1, -0.05) is 17.7 Å². The third kappa shape index (κ3) is 4.05. The molecule has 4 aromatic rings. The number of esters is 1. The zero-order chi connectivity index (χ0) is 22.8. The Morgan fingerprint density at radius 3 is 2.31 bits per heavy atom. The molecule has 0 bridgehead atoms. The van der Waals surface area contributed by atoms with Crippen LogP contribution in [0.25, 0.3) is 22.1 Å². The normalized spacial score (nSPS) is 10.8. The van der Waals surface area contributed by atoms with Crippen LogP contribution in [0.3, 0.4) is 0 Å². The molecule has 162 valence electrons. The fraction of sp³-hybridized carbons (Fsp3) is 0.120. The minimum Gasteiger partial charge on any atom is -0.493 e. The maximum absolute atomic E-state index is 13.2. The lowest BCUT2D eigenvalue weighted by atomic mass is 10.0. The molecule has 0 fully saturated rings.